The van der Waals surface area contributed by atoms with Crippen molar-refractivity contribution in [3.05, 3.63) is 0 Å². The maximum Gasteiger partial charge on any atom is 0.0601 e. The molecule has 0 aliphatic heterocycles. The Balaban J connectivity index is 2.34. The summed E-state index contributed by atoms with van der Waals surface area (Å²) in [6, 6.07) is 0.330. The second kappa shape index (κ2) is 5.69. The number of aliphatic hydroxyl groups is 1. The fraction of sp³-hybridized carbons (Fsp3) is 1.00. The fourth-order valence-electron chi connectivity index (χ4n) is 1.92. The molecule has 0 spiro atoms. The maximum atomic E-state index is 9.32. The lowest BCUT2D eigenvalue weighted by Crippen LogP contribution is -2.49. The van der Waals surface area contributed by atoms with Crippen molar-refractivity contribution >= 4 is 0 Å². The van der Waals surface area contributed by atoms with Gasteiger partial charge in [-0.25, -0.2) is 0 Å². The van der Waals surface area contributed by atoms with E-state index in [1.807, 2.05) is 0 Å². The van der Waals surface area contributed by atoms with Crippen LogP contribution in [0.15, 0.2) is 0 Å². The van der Waals surface area contributed by atoms with Crippen LogP contribution >= 0.6 is 0 Å². The highest BCUT2D eigenvalue weighted by molar-refractivity contribution is 4.92. The van der Waals surface area contributed by atoms with E-state index in [4.69, 9.17) is 5.73 Å². The van der Waals surface area contributed by atoms with Crippen molar-refractivity contribution in [2.24, 2.45) is 11.7 Å². The van der Waals surface area contributed by atoms with E-state index in [-0.39, 0.29) is 18.7 Å². The average Bonchev–Trinajstić information content (AvgIpc) is 2.98. The predicted molar refractivity (Wildman–Crippen MR) is 59.1 cm³/mol. The van der Waals surface area contributed by atoms with Gasteiger partial charge < -0.3 is 10.8 Å². The topological polar surface area (TPSA) is 49.5 Å². The fourth-order valence-corrected chi connectivity index (χ4v) is 1.92. The summed E-state index contributed by atoms with van der Waals surface area (Å²) in [6.45, 7) is 3.42. The zero-order valence-corrected chi connectivity index (χ0v) is 9.45. The molecule has 2 atom stereocenters. The van der Waals surface area contributed by atoms with Crippen molar-refractivity contribution in [3.8, 4) is 0 Å². The molecule has 0 aromatic rings. The van der Waals surface area contributed by atoms with Gasteiger partial charge in [-0.1, -0.05) is 13.3 Å². The van der Waals surface area contributed by atoms with Gasteiger partial charge in [0.1, 0.15) is 0 Å². The van der Waals surface area contributed by atoms with Gasteiger partial charge in [0, 0.05) is 12.1 Å². The van der Waals surface area contributed by atoms with Crippen LogP contribution in [0.4, 0.5) is 0 Å². The Morgan fingerprint density at radius 2 is 2.14 bits per heavy atom. The molecule has 1 aliphatic rings. The summed E-state index contributed by atoms with van der Waals surface area (Å²) in [5.74, 6) is 0.663. The van der Waals surface area contributed by atoms with Crippen LogP contribution in [0, 0.1) is 5.92 Å². The van der Waals surface area contributed by atoms with E-state index in [1.54, 1.807) is 0 Å². The summed E-state index contributed by atoms with van der Waals surface area (Å²) < 4.78 is 0. The molecule has 2 unspecified atom stereocenters. The van der Waals surface area contributed by atoms with E-state index < -0.39 is 0 Å². The van der Waals surface area contributed by atoms with Gasteiger partial charge in [-0.15, -0.1) is 0 Å². The molecule has 84 valence electrons. The summed E-state index contributed by atoms with van der Waals surface area (Å²) >= 11 is 0. The number of rotatable bonds is 7. The minimum absolute atomic E-state index is 0.161. The molecule has 1 rings (SSSR count). The normalized spacial score (nSPS) is 21.2. The van der Waals surface area contributed by atoms with Crippen LogP contribution in [0.5, 0.6) is 0 Å². The molecule has 0 amide bonds. The van der Waals surface area contributed by atoms with Crippen LogP contribution in [-0.2, 0) is 0 Å². The average molecular weight is 200 g/mol. The highest BCUT2D eigenvalue weighted by Crippen LogP contribution is 2.33. The third-order valence-corrected chi connectivity index (χ3v) is 3.23. The second-order valence-corrected chi connectivity index (χ2v) is 4.50. The molecule has 3 N–H and O–H groups in total. The molecular weight excluding hydrogens is 176 g/mol. The number of nitrogens with two attached hydrogens (primary N) is 1. The lowest BCUT2D eigenvalue weighted by atomic mass is 10.0. The van der Waals surface area contributed by atoms with E-state index in [2.05, 4.69) is 18.9 Å². The van der Waals surface area contributed by atoms with Gasteiger partial charge in [-0.05, 0) is 38.8 Å². The Morgan fingerprint density at radius 1 is 1.50 bits per heavy atom. The minimum atomic E-state index is 0.161. The van der Waals surface area contributed by atoms with Gasteiger partial charge in [0.25, 0.3) is 0 Å². The van der Waals surface area contributed by atoms with Crippen molar-refractivity contribution < 1.29 is 5.11 Å². The molecule has 1 saturated carbocycles. The molecule has 3 nitrogen and oxygen atoms in total. The quantitative estimate of drug-likeness (QED) is 0.639. The monoisotopic (exact) mass is 200 g/mol. The number of hydrogen-bond donors (Lipinski definition) is 2. The highest BCUT2D eigenvalue weighted by atomic mass is 16.3. The van der Waals surface area contributed by atoms with Crippen molar-refractivity contribution in [2.45, 2.75) is 44.7 Å². The predicted octanol–water partition coefficient (Wildman–Crippen LogP) is 0.817. The highest BCUT2D eigenvalue weighted by Gasteiger charge is 2.35. The van der Waals surface area contributed by atoms with Crippen molar-refractivity contribution in [1.29, 1.82) is 0 Å². The number of aliphatic hydroxyl groups excluding tert-OH is 1. The lowest BCUT2D eigenvalue weighted by molar-refractivity contribution is 0.119. The van der Waals surface area contributed by atoms with Gasteiger partial charge in [-0.2, -0.15) is 0 Å². The molecule has 14 heavy (non-hydrogen) atoms. The number of hydrogen-bond acceptors (Lipinski definition) is 3. The molecule has 0 aromatic heterocycles. The molecule has 0 heterocycles. The van der Waals surface area contributed by atoms with Gasteiger partial charge >= 0.3 is 0 Å². The van der Waals surface area contributed by atoms with E-state index in [0.717, 1.165) is 6.54 Å². The number of likely N-dealkylation sites (N-methyl/N-ethyl adjacent to an activating group) is 1. The first-order valence-corrected chi connectivity index (χ1v) is 5.77. The van der Waals surface area contributed by atoms with Gasteiger partial charge in [-0.3, -0.25) is 4.90 Å². The van der Waals surface area contributed by atoms with Crippen molar-refractivity contribution in [2.75, 3.05) is 20.2 Å². The Labute approximate surface area is 87.3 Å². The minimum Gasteiger partial charge on any atom is -0.395 e. The number of nitrogens with zero attached hydrogens (tertiary/aromatic N) is 1. The van der Waals surface area contributed by atoms with Crippen molar-refractivity contribution in [1.82, 2.24) is 4.90 Å². The zero-order chi connectivity index (χ0) is 10.6. The Bertz CT molecular complexity index is 159. The summed E-state index contributed by atoms with van der Waals surface area (Å²) in [5, 5.41) is 9.32. The van der Waals surface area contributed by atoms with Gasteiger partial charge in [0.2, 0.25) is 0 Å². The first-order valence-electron chi connectivity index (χ1n) is 5.77. The smallest absolute Gasteiger partial charge is 0.0601 e. The molecule has 1 aliphatic carbocycles. The van der Waals surface area contributed by atoms with Crippen LogP contribution in [0.3, 0.4) is 0 Å². The van der Waals surface area contributed by atoms with Crippen LogP contribution in [-0.4, -0.2) is 42.3 Å². The standard InChI is InChI=1S/C11H24N2O/c1-3-4-7-13(2)10(8-14)11(12)9-5-6-9/h9-11,14H,3-8,12H2,1-2H3. The molecular formula is C11H24N2O. The Hall–Kier alpha value is -0.120. The van der Waals surface area contributed by atoms with Crippen LogP contribution in [0.1, 0.15) is 32.6 Å². The van der Waals surface area contributed by atoms with Crippen LogP contribution < -0.4 is 5.73 Å². The van der Waals surface area contributed by atoms with Gasteiger partial charge in [0.05, 0.1) is 6.61 Å². The molecule has 1 fully saturated rings. The second-order valence-electron chi connectivity index (χ2n) is 4.50. The van der Waals surface area contributed by atoms with E-state index >= 15 is 0 Å². The third-order valence-electron chi connectivity index (χ3n) is 3.23. The number of unbranched alkanes of at least 4 members (excludes halogenated alkanes) is 1. The maximum absolute atomic E-state index is 9.32. The lowest BCUT2D eigenvalue weighted by Gasteiger charge is -2.31. The van der Waals surface area contributed by atoms with Crippen LogP contribution in [0.25, 0.3) is 0 Å². The molecule has 0 radical (unpaired) electrons. The Kier molecular flexibility index (Phi) is 4.85. The van der Waals surface area contributed by atoms with E-state index in [0.29, 0.717) is 5.92 Å². The largest absolute Gasteiger partial charge is 0.395 e. The molecule has 3 heteroatoms. The van der Waals surface area contributed by atoms with E-state index in [9.17, 15) is 5.11 Å². The summed E-state index contributed by atoms with van der Waals surface area (Å²) in [6.07, 6.45) is 4.88. The summed E-state index contributed by atoms with van der Waals surface area (Å²) in [4.78, 5) is 2.21. The first-order chi connectivity index (χ1) is 6.70. The van der Waals surface area contributed by atoms with Gasteiger partial charge in [0.15, 0.2) is 0 Å². The van der Waals surface area contributed by atoms with Crippen molar-refractivity contribution in [3.63, 3.8) is 0 Å². The zero-order valence-electron chi connectivity index (χ0n) is 9.45. The molecule has 0 aromatic carbocycles. The SMILES string of the molecule is CCCCN(C)C(CO)C(N)C1CC1. The summed E-state index contributed by atoms with van der Waals surface area (Å²) in [5.41, 5.74) is 6.10. The Morgan fingerprint density at radius 3 is 2.57 bits per heavy atom. The van der Waals surface area contributed by atoms with Crippen LogP contribution in [0.2, 0.25) is 0 Å². The third kappa shape index (κ3) is 3.23. The van der Waals surface area contributed by atoms with E-state index in [1.165, 1.54) is 25.7 Å². The molecule has 0 saturated heterocycles. The summed E-state index contributed by atoms with van der Waals surface area (Å²) in [7, 11) is 2.07. The molecule has 0 bridgehead atoms. The first kappa shape index (κ1) is 12.0.